The molecule has 0 spiro atoms. The monoisotopic (exact) mass is 381 g/mol. The third-order valence-corrected chi connectivity index (χ3v) is 6.10. The van der Waals surface area contributed by atoms with E-state index < -0.39 is 0 Å². The molecule has 0 aromatic carbocycles. The van der Waals surface area contributed by atoms with Crippen LogP contribution in [0, 0.1) is 5.92 Å². The van der Waals surface area contributed by atoms with Crippen molar-refractivity contribution in [3.63, 3.8) is 0 Å². The Kier molecular flexibility index (Phi) is 24.0. The van der Waals surface area contributed by atoms with Crippen molar-refractivity contribution in [3.8, 4) is 0 Å². The van der Waals surface area contributed by atoms with E-state index >= 15 is 0 Å². The molecule has 0 aliphatic rings. The molecular weight excluding hydrogens is 326 g/mol. The van der Waals surface area contributed by atoms with Gasteiger partial charge in [-0.1, -0.05) is 136 Å². The molecule has 0 aromatic heterocycles. The van der Waals surface area contributed by atoms with Crippen LogP contribution in [0.15, 0.2) is 0 Å². The fourth-order valence-electron chi connectivity index (χ4n) is 4.17. The van der Waals surface area contributed by atoms with Gasteiger partial charge in [0.2, 0.25) is 0 Å². The molecule has 0 saturated carbocycles. The Morgan fingerprint density at radius 3 is 1.26 bits per heavy atom. The van der Waals surface area contributed by atoms with Crippen LogP contribution in [-0.4, -0.2) is 13.1 Å². The van der Waals surface area contributed by atoms with Crippen LogP contribution in [0.2, 0.25) is 0 Å². The summed E-state index contributed by atoms with van der Waals surface area (Å²) in [5.74, 6) is 1.03. The zero-order valence-electron chi connectivity index (χ0n) is 19.6. The number of unbranched alkanes of at least 4 members (excludes halogenated alkanes) is 13. The Morgan fingerprint density at radius 2 is 0.741 bits per heavy atom. The minimum atomic E-state index is 1.03. The first-order valence-corrected chi connectivity index (χ1v) is 13.1. The third-order valence-electron chi connectivity index (χ3n) is 6.10. The Bertz CT molecular complexity index is 251. The van der Waals surface area contributed by atoms with Crippen molar-refractivity contribution in [2.45, 2.75) is 149 Å². The lowest BCUT2D eigenvalue weighted by Gasteiger charge is -2.17. The molecule has 1 heteroatoms. The molecule has 0 radical (unpaired) electrons. The maximum atomic E-state index is 3.61. The van der Waals surface area contributed by atoms with Gasteiger partial charge in [0.25, 0.3) is 0 Å². The van der Waals surface area contributed by atoms with Gasteiger partial charge in [-0.15, -0.1) is 0 Å². The number of hydrogen-bond acceptors (Lipinski definition) is 1. The van der Waals surface area contributed by atoms with Crippen LogP contribution in [-0.2, 0) is 0 Å². The first-order chi connectivity index (χ1) is 13.3. The molecule has 0 rings (SSSR count). The highest BCUT2D eigenvalue weighted by molar-refractivity contribution is 4.62. The highest BCUT2D eigenvalue weighted by Crippen LogP contribution is 2.24. The lowest BCUT2D eigenvalue weighted by atomic mass is 9.89. The van der Waals surface area contributed by atoms with Gasteiger partial charge in [-0.25, -0.2) is 0 Å². The lowest BCUT2D eigenvalue weighted by Crippen LogP contribution is -2.16. The van der Waals surface area contributed by atoms with E-state index in [1.165, 1.54) is 142 Å². The van der Waals surface area contributed by atoms with E-state index in [1.54, 1.807) is 0 Å². The minimum absolute atomic E-state index is 1.03. The van der Waals surface area contributed by atoms with Gasteiger partial charge in [0.1, 0.15) is 0 Å². The molecule has 1 unspecified atom stereocenters. The van der Waals surface area contributed by atoms with Gasteiger partial charge in [-0.3, -0.25) is 0 Å². The normalized spacial score (nSPS) is 12.6. The lowest BCUT2D eigenvalue weighted by molar-refractivity contribution is 0.366. The smallest absolute Gasteiger partial charge is 0.00489 e. The second-order valence-electron chi connectivity index (χ2n) is 8.93. The minimum Gasteiger partial charge on any atom is -0.317 e. The van der Waals surface area contributed by atoms with E-state index in [0.29, 0.717) is 0 Å². The zero-order valence-corrected chi connectivity index (χ0v) is 19.6. The molecule has 164 valence electrons. The number of nitrogens with one attached hydrogen (secondary N) is 1. The summed E-state index contributed by atoms with van der Waals surface area (Å²) in [6.45, 7) is 9.39. The summed E-state index contributed by atoms with van der Waals surface area (Å²) in [5, 5.41) is 3.61. The fourth-order valence-corrected chi connectivity index (χ4v) is 4.17. The van der Waals surface area contributed by atoms with Crippen molar-refractivity contribution in [1.29, 1.82) is 0 Å². The third kappa shape index (κ3) is 22.1. The van der Waals surface area contributed by atoms with Crippen molar-refractivity contribution in [1.82, 2.24) is 5.32 Å². The molecule has 27 heavy (non-hydrogen) atoms. The predicted octanol–water partition coefficient (Wildman–Crippen LogP) is 9.05. The summed E-state index contributed by atoms with van der Waals surface area (Å²) < 4.78 is 0. The highest BCUT2D eigenvalue weighted by atomic mass is 14.8. The topological polar surface area (TPSA) is 12.0 Å². The molecule has 0 aliphatic carbocycles. The first kappa shape index (κ1) is 27.0. The highest BCUT2D eigenvalue weighted by Gasteiger charge is 2.08. The van der Waals surface area contributed by atoms with Crippen LogP contribution in [0.25, 0.3) is 0 Å². The predicted molar refractivity (Wildman–Crippen MR) is 126 cm³/mol. The summed E-state index contributed by atoms with van der Waals surface area (Å²) in [6, 6.07) is 0. The van der Waals surface area contributed by atoms with E-state index in [2.05, 4.69) is 26.1 Å². The molecule has 1 atom stereocenters. The van der Waals surface area contributed by atoms with Gasteiger partial charge < -0.3 is 5.32 Å². The molecule has 0 aliphatic heterocycles. The molecule has 0 heterocycles. The average Bonchev–Trinajstić information content (AvgIpc) is 2.68. The molecule has 0 fully saturated rings. The van der Waals surface area contributed by atoms with Gasteiger partial charge in [-0.2, -0.15) is 0 Å². The zero-order chi connectivity index (χ0) is 19.8. The van der Waals surface area contributed by atoms with Crippen molar-refractivity contribution < 1.29 is 0 Å². The summed E-state index contributed by atoms with van der Waals surface area (Å²) in [4.78, 5) is 0. The van der Waals surface area contributed by atoms with Gasteiger partial charge in [-0.05, 0) is 31.8 Å². The molecule has 0 bridgehead atoms. The van der Waals surface area contributed by atoms with Crippen LogP contribution in [0.5, 0.6) is 0 Å². The van der Waals surface area contributed by atoms with Gasteiger partial charge in [0, 0.05) is 0 Å². The van der Waals surface area contributed by atoms with Gasteiger partial charge in [0.15, 0.2) is 0 Å². The second-order valence-corrected chi connectivity index (χ2v) is 8.93. The van der Waals surface area contributed by atoms with E-state index in [9.17, 15) is 0 Å². The van der Waals surface area contributed by atoms with Crippen LogP contribution in [0.1, 0.15) is 149 Å². The summed E-state index contributed by atoms with van der Waals surface area (Å²) in [7, 11) is 0. The van der Waals surface area contributed by atoms with Crippen LogP contribution < -0.4 is 5.32 Å². The van der Waals surface area contributed by atoms with Crippen molar-refractivity contribution >= 4 is 0 Å². The maximum Gasteiger partial charge on any atom is -0.00489 e. The number of rotatable bonds is 23. The van der Waals surface area contributed by atoms with E-state index in [0.717, 1.165) is 5.92 Å². The largest absolute Gasteiger partial charge is 0.317 e. The van der Waals surface area contributed by atoms with E-state index in [1.807, 2.05) is 0 Å². The van der Waals surface area contributed by atoms with E-state index in [-0.39, 0.29) is 0 Å². The van der Waals surface area contributed by atoms with Crippen molar-refractivity contribution in [3.05, 3.63) is 0 Å². The SMILES string of the molecule is CCCCCCCCC(CCCCCC)CCCCCCNCCCCC. The summed E-state index contributed by atoms with van der Waals surface area (Å²) in [5.41, 5.74) is 0. The average molecular weight is 382 g/mol. The van der Waals surface area contributed by atoms with Gasteiger partial charge >= 0.3 is 0 Å². The fraction of sp³-hybridized carbons (Fsp3) is 1.00. The van der Waals surface area contributed by atoms with Crippen LogP contribution in [0.3, 0.4) is 0 Å². The second kappa shape index (κ2) is 24.0. The molecule has 1 N–H and O–H groups in total. The number of hydrogen-bond donors (Lipinski definition) is 1. The standard InChI is InChI=1S/C26H55N/c1-4-7-10-12-13-17-22-26(21-16-11-8-5-2)23-18-14-15-20-25-27-24-19-9-6-3/h26-27H,4-25H2,1-3H3. The Labute approximate surface area is 173 Å². The molecule has 0 amide bonds. The Morgan fingerprint density at radius 1 is 0.407 bits per heavy atom. The maximum absolute atomic E-state index is 3.61. The van der Waals surface area contributed by atoms with Crippen molar-refractivity contribution in [2.75, 3.05) is 13.1 Å². The van der Waals surface area contributed by atoms with Crippen LogP contribution >= 0.6 is 0 Å². The van der Waals surface area contributed by atoms with Crippen molar-refractivity contribution in [2.24, 2.45) is 5.92 Å². The summed E-state index contributed by atoms with van der Waals surface area (Å²) in [6.07, 6.45) is 28.8. The molecule has 0 saturated heterocycles. The summed E-state index contributed by atoms with van der Waals surface area (Å²) >= 11 is 0. The molecular formula is C26H55N. The first-order valence-electron chi connectivity index (χ1n) is 13.1. The Balaban J connectivity index is 3.66. The van der Waals surface area contributed by atoms with Gasteiger partial charge in [0.05, 0.1) is 0 Å². The van der Waals surface area contributed by atoms with E-state index in [4.69, 9.17) is 0 Å². The molecule has 1 nitrogen and oxygen atoms in total. The van der Waals surface area contributed by atoms with Crippen LogP contribution in [0.4, 0.5) is 0 Å². The quantitative estimate of drug-likeness (QED) is 0.174. The Hall–Kier alpha value is -0.0400. The molecule has 0 aromatic rings.